The van der Waals surface area contributed by atoms with Crippen LogP contribution in [0.25, 0.3) is 67.2 Å². The van der Waals surface area contributed by atoms with Crippen LogP contribution in [-0.4, -0.2) is 4.57 Å². The zero-order chi connectivity index (χ0) is 48.0. The number of fused-ring (bicyclic) bond motifs is 9. The van der Waals surface area contributed by atoms with Crippen LogP contribution in [-0.2, 0) is 17.3 Å². The highest BCUT2D eigenvalue weighted by atomic mass is 15.1. The molecule has 0 N–H and O–H groups in total. The van der Waals surface area contributed by atoms with Gasteiger partial charge in [-0.3, -0.25) is 0 Å². The average Bonchev–Trinajstić information content (AvgIpc) is 4.03. The van der Waals surface area contributed by atoms with Gasteiger partial charge in [0, 0.05) is 39.0 Å². The number of nitrogens with zero attached hydrogens (tertiary/aromatic N) is 2. The number of benzene rings is 10. The van der Waals surface area contributed by atoms with Crippen molar-refractivity contribution in [2.45, 2.75) is 37.5 Å². The standard InChI is InChI=1S/C70H52N2/c1-69(2)60-33-15-10-31-58(60)68-57(32-21-35-63(68)69)56-30-14-18-37-65(56)71(50-42-40-47(41-43-50)52-26-11-17-36-64(52)72-66-38-19-12-28-54(66)55-29-13-20-39-67(55)72)51-44-45-62-59(46-51)53-27-9-16-34-61(53)70(62,48-22-5-3-6-23-48)49-24-7-4-8-25-49/h3-12,14-28,30-46H,13,29H2,1-2H3. The van der Waals surface area contributed by atoms with Crippen molar-refractivity contribution >= 4 is 34.0 Å². The minimum absolute atomic E-state index is 0.122. The Morgan fingerprint density at radius 1 is 0.431 bits per heavy atom. The fourth-order valence-corrected chi connectivity index (χ4v) is 13.0. The van der Waals surface area contributed by atoms with E-state index in [4.69, 9.17) is 0 Å². The van der Waals surface area contributed by atoms with Gasteiger partial charge in [0.1, 0.15) is 0 Å². The molecule has 1 heterocycles. The number of allylic oxidation sites excluding steroid dienone is 1. The van der Waals surface area contributed by atoms with Crippen LogP contribution >= 0.6 is 0 Å². The van der Waals surface area contributed by atoms with E-state index in [0.29, 0.717) is 0 Å². The average molecular weight is 921 g/mol. The largest absolute Gasteiger partial charge is 0.310 e. The molecule has 72 heavy (non-hydrogen) atoms. The van der Waals surface area contributed by atoms with Crippen LogP contribution in [0.4, 0.5) is 17.1 Å². The molecular formula is C70H52N2. The normalized spacial score (nSPS) is 14.3. The summed E-state index contributed by atoms with van der Waals surface area (Å²) >= 11 is 0. The van der Waals surface area contributed by atoms with E-state index in [1.165, 1.54) is 106 Å². The van der Waals surface area contributed by atoms with Crippen LogP contribution in [0.2, 0.25) is 0 Å². The summed E-state index contributed by atoms with van der Waals surface area (Å²) in [6.45, 7) is 4.74. The van der Waals surface area contributed by atoms with E-state index in [1.807, 2.05) is 0 Å². The molecule has 0 unspecified atom stereocenters. The first-order valence-corrected chi connectivity index (χ1v) is 25.5. The minimum Gasteiger partial charge on any atom is -0.310 e. The van der Waals surface area contributed by atoms with E-state index in [0.717, 1.165) is 29.9 Å². The van der Waals surface area contributed by atoms with Crippen molar-refractivity contribution in [1.29, 1.82) is 0 Å². The molecule has 342 valence electrons. The van der Waals surface area contributed by atoms with Gasteiger partial charge in [-0.25, -0.2) is 0 Å². The van der Waals surface area contributed by atoms with Gasteiger partial charge in [0.2, 0.25) is 0 Å². The maximum atomic E-state index is 2.50. The fraction of sp³-hybridized carbons (Fsp3) is 0.0857. The molecule has 0 aliphatic heterocycles. The molecule has 2 nitrogen and oxygen atoms in total. The molecule has 1 aromatic heterocycles. The van der Waals surface area contributed by atoms with Gasteiger partial charge in [-0.15, -0.1) is 0 Å². The maximum absolute atomic E-state index is 2.50. The van der Waals surface area contributed by atoms with E-state index in [9.17, 15) is 0 Å². The van der Waals surface area contributed by atoms with Gasteiger partial charge >= 0.3 is 0 Å². The van der Waals surface area contributed by atoms with Crippen molar-refractivity contribution in [2.75, 3.05) is 4.90 Å². The third-order valence-corrected chi connectivity index (χ3v) is 16.2. The Hall–Kier alpha value is -8.72. The van der Waals surface area contributed by atoms with Crippen LogP contribution < -0.4 is 4.90 Å². The Bertz CT molecular complexity index is 3910. The molecule has 14 rings (SSSR count). The van der Waals surface area contributed by atoms with Crippen molar-refractivity contribution in [2.24, 2.45) is 0 Å². The summed E-state index contributed by atoms with van der Waals surface area (Å²) in [7, 11) is 0. The zero-order valence-corrected chi connectivity index (χ0v) is 40.6. The summed E-state index contributed by atoms with van der Waals surface area (Å²) in [5.74, 6) is 0. The van der Waals surface area contributed by atoms with Gasteiger partial charge < -0.3 is 9.47 Å². The Kier molecular flexibility index (Phi) is 9.63. The Balaban J connectivity index is 0.982. The molecule has 3 aliphatic carbocycles. The summed E-state index contributed by atoms with van der Waals surface area (Å²) in [6, 6.07) is 90.6. The van der Waals surface area contributed by atoms with E-state index < -0.39 is 5.41 Å². The highest BCUT2D eigenvalue weighted by Crippen LogP contribution is 2.58. The molecule has 11 aromatic rings. The molecule has 3 aliphatic rings. The molecule has 0 bridgehead atoms. The first kappa shape index (κ1) is 42.2. The van der Waals surface area contributed by atoms with E-state index in [2.05, 4.69) is 278 Å². The fourth-order valence-electron chi connectivity index (χ4n) is 13.0. The number of anilines is 3. The molecule has 0 radical (unpaired) electrons. The van der Waals surface area contributed by atoms with Gasteiger partial charge in [0.05, 0.1) is 22.3 Å². The summed E-state index contributed by atoms with van der Waals surface area (Å²) in [5, 5.41) is 1.34. The minimum atomic E-state index is -0.490. The summed E-state index contributed by atoms with van der Waals surface area (Å²) in [6.07, 6.45) is 6.77. The van der Waals surface area contributed by atoms with Crippen molar-refractivity contribution in [3.8, 4) is 50.2 Å². The molecule has 0 spiro atoms. The molecule has 0 fully saturated rings. The maximum Gasteiger partial charge on any atom is 0.0713 e. The lowest BCUT2D eigenvalue weighted by atomic mass is 9.68. The lowest BCUT2D eigenvalue weighted by molar-refractivity contribution is 0.660. The van der Waals surface area contributed by atoms with E-state index in [1.54, 1.807) is 0 Å². The summed E-state index contributed by atoms with van der Waals surface area (Å²) in [4.78, 5) is 2.50. The Morgan fingerprint density at radius 3 is 1.79 bits per heavy atom. The second kappa shape index (κ2) is 16.4. The molecule has 0 amide bonds. The lowest BCUT2D eigenvalue weighted by Gasteiger charge is -2.34. The van der Waals surface area contributed by atoms with Crippen LogP contribution in [0.3, 0.4) is 0 Å². The van der Waals surface area contributed by atoms with Gasteiger partial charge in [-0.2, -0.15) is 0 Å². The van der Waals surface area contributed by atoms with Gasteiger partial charge in [0.25, 0.3) is 0 Å². The Labute approximate surface area is 422 Å². The van der Waals surface area contributed by atoms with Crippen LogP contribution in [0.5, 0.6) is 0 Å². The quantitative estimate of drug-likeness (QED) is 0.147. The second-order valence-electron chi connectivity index (χ2n) is 20.2. The van der Waals surface area contributed by atoms with Crippen LogP contribution in [0.15, 0.2) is 249 Å². The highest BCUT2D eigenvalue weighted by Gasteiger charge is 2.46. The monoisotopic (exact) mass is 920 g/mol. The first-order valence-electron chi connectivity index (χ1n) is 25.5. The molecule has 0 atom stereocenters. The third kappa shape index (κ3) is 6.15. The van der Waals surface area contributed by atoms with Crippen molar-refractivity contribution < 1.29 is 0 Å². The van der Waals surface area contributed by atoms with Crippen molar-refractivity contribution in [3.05, 3.63) is 293 Å². The second-order valence-corrected chi connectivity index (χ2v) is 20.2. The van der Waals surface area contributed by atoms with E-state index in [-0.39, 0.29) is 5.41 Å². The molecule has 2 heteroatoms. The van der Waals surface area contributed by atoms with Crippen molar-refractivity contribution in [3.63, 3.8) is 0 Å². The summed E-state index contributed by atoms with van der Waals surface area (Å²) in [5.41, 5.74) is 25.7. The van der Waals surface area contributed by atoms with Gasteiger partial charge in [-0.05, 0) is 134 Å². The summed E-state index contributed by atoms with van der Waals surface area (Å²) < 4.78 is 2.48. The van der Waals surface area contributed by atoms with Crippen LogP contribution in [0.1, 0.15) is 64.9 Å². The number of aromatic nitrogens is 1. The predicted octanol–water partition coefficient (Wildman–Crippen LogP) is 18.1. The van der Waals surface area contributed by atoms with Crippen LogP contribution in [0, 0.1) is 0 Å². The first-order chi connectivity index (χ1) is 35.5. The third-order valence-electron chi connectivity index (χ3n) is 16.2. The Morgan fingerprint density at radius 2 is 1.01 bits per heavy atom. The molecule has 0 saturated carbocycles. The van der Waals surface area contributed by atoms with E-state index >= 15 is 0 Å². The SMILES string of the molecule is CC1(C)c2ccccc2-c2c(-c3ccccc3N(c3ccc(-c4ccccc4-n4c5c(c6ccccc64)CCC=C5)cc3)c3ccc4c(c3)-c3ccccc3C4(c3ccccc3)c3ccccc3)cccc21. The zero-order valence-electron chi connectivity index (χ0n) is 40.6. The predicted molar refractivity (Wildman–Crippen MR) is 301 cm³/mol. The topological polar surface area (TPSA) is 8.17 Å². The molecule has 10 aromatic carbocycles. The van der Waals surface area contributed by atoms with Gasteiger partial charge in [0.15, 0.2) is 0 Å². The van der Waals surface area contributed by atoms with Crippen molar-refractivity contribution in [1.82, 2.24) is 4.57 Å². The number of aryl methyl sites for hydroxylation is 1. The molecule has 0 saturated heterocycles. The lowest BCUT2D eigenvalue weighted by Crippen LogP contribution is -2.28. The number of rotatable bonds is 8. The smallest absolute Gasteiger partial charge is 0.0713 e. The number of para-hydroxylation sites is 3. The van der Waals surface area contributed by atoms with Gasteiger partial charge in [-0.1, -0.05) is 220 Å². The highest BCUT2D eigenvalue weighted by molar-refractivity contribution is 5.99. The number of hydrogen-bond acceptors (Lipinski definition) is 1. The molecular weight excluding hydrogens is 869 g/mol. The number of hydrogen-bond donors (Lipinski definition) is 0.